The summed E-state index contributed by atoms with van der Waals surface area (Å²) in [5, 5.41) is 3.97. The van der Waals surface area contributed by atoms with E-state index in [1.165, 1.54) is 29.7 Å². The van der Waals surface area contributed by atoms with E-state index in [2.05, 4.69) is 22.4 Å². The van der Waals surface area contributed by atoms with Gasteiger partial charge in [-0.25, -0.2) is 9.78 Å². The molecule has 1 aliphatic rings. The van der Waals surface area contributed by atoms with E-state index in [0.717, 1.165) is 17.1 Å². The SMILES string of the molecule is CN(C)c1cccc(Oc2cnc(NC(=O)N(C)c3cccc(C4CC4)c3)s2)c1. The third kappa shape index (κ3) is 4.68. The third-order valence-electron chi connectivity index (χ3n) is 4.86. The predicted octanol–water partition coefficient (Wildman–Crippen LogP) is 5.55. The van der Waals surface area contributed by atoms with Gasteiger partial charge in [0.15, 0.2) is 5.13 Å². The number of nitrogens with zero attached hydrogens (tertiary/aromatic N) is 3. The highest BCUT2D eigenvalue weighted by Gasteiger charge is 2.24. The maximum atomic E-state index is 12.6. The molecule has 0 bridgehead atoms. The average molecular weight is 409 g/mol. The molecule has 1 heterocycles. The molecule has 1 saturated carbocycles. The molecule has 2 amide bonds. The van der Waals surface area contributed by atoms with Crippen LogP contribution in [-0.4, -0.2) is 32.2 Å². The largest absolute Gasteiger partial charge is 0.445 e. The van der Waals surface area contributed by atoms with Crippen molar-refractivity contribution >= 4 is 33.9 Å². The second-order valence-corrected chi connectivity index (χ2v) is 8.33. The molecule has 0 saturated heterocycles. The number of nitrogens with one attached hydrogen (secondary N) is 1. The van der Waals surface area contributed by atoms with Gasteiger partial charge in [-0.3, -0.25) is 10.2 Å². The van der Waals surface area contributed by atoms with E-state index in [1.807, 2.05) is 55.4 Å². The number of aromatic nitrogens is 1. The molecule has 1 aromatic heterocycles. The van der Waals surface area contributed by atoms with Crippen LogP contribution in [0.2, 0.25) is 0 Å². The summed E-state index contributed by atoms with van der Waals surface area (Å²) in [6.07, 6.45) is 4.09. The molecule has 1 N–H and O–H groups in total. The van der Waals surface area contributed by atoms with Gasteiger partial charge >= 0.3 is 6.03 Å². The van der Waals surface area contributed by atoms with Crippen molar-refractivity contribution in [3.63, 3.8) is 0 Å². The van der Waals surface area contributed by atoms with Crippen LogP contribution in [0.25, 0.3) is 0 Å². The molecule has 0 aliphatic heterocycles. The van der Waals surface area contributed by atoms with Gasteiger partial charge < -0.3 is 9.64 Å². The first-order valence-corrected chi connectivity index (χ1v) is 10.4. The number of hydrogen-bond acceptors (Lipinski definition) is 5. The number of amides is 2. The van der Waals surface area contributed by atoms with Gasteiger partial charge in [0, 0.05) is 38.6 Å². The fraction of sp³-hybridized carbons (Fsp3) is 0.273. The number of thiazole rings is 1. The van der Waals surface area contributed by atoms with Crippen LogP contribution in [0.5, 0.6) is 10.8 Å². The van der Waals surface area contributed by atoms with Gasteiger partial charge in [-0.05, 0) is 48.6 Å². The molecule has 7 heteroatoms. The minimum absolute atomic E-state index is 0.228. The van der Waals surface area contributed by atoms with Crippen LogP contribution in [-0.2, 0) is 0 Å². The van der Waals surface area contributed by atoms with Crippen LogP contribution in [0, 0.1) is 0 Å². The van der Waals surface area contributed by atoms with Crippen LogP contribution in [0.1, 0.15) is 24.3 Å². The molecule has 29 heavy (non-hydrogen) atoms. The van der Waals surface area contributed by atoms with Crippen LogP contribution >= 0.6 is 11.3 Å². The van der Waals surface area contributed by atoms with Crippen molar-refractivity contribution in [3.8, 4) is 10.8 Å². The second-order valence-electron chi connectivity index (χ2n) is 7.34. The van der Waals surface area contributed by atoms with E-state index in [-0.39, 0.29) is 6.03 Å². The van der Waals surface area contributed by atoms with Crippen molar-refractivity contribution in [1.82, 2.24) is 4.98 Å². The lowest BCUT2D eigenvalue weighted by atomic mass is 10.1. The quantitative estimate of drug-likeness (QED) is 0.581. The fourth-order valence-corrected chi connectivity index (χ4v) is 3.68. The van der Waals surface area contributed by atoms with Gasteiger partial charge in [-0.1, -0.05) is 29.5 Å². The fourth-order valence-electron chi connectivity index (χ4n) is 3.00. The van der Waals surface area contributed by atoms with Gasteiger partial charge in [-0.15, -0.1) is 0 Å². The summed E-state index contributed by atoms with van der Waals surface area (Å²) in [4.78, 5) is 20.5. The van der Waals surface area contributed by atoms with Crippen LogP contribution in [0.15, 0.2) is 54.7 Å². The van der Waals surface area contributed by atoms with E-state index in [0.29, 0.717) is 16.1 Å². The summed E-state index contributed by atoms with van der Waals surface area (Å²) in [5.41, 5.74) is 3.23. The van der Waals surface area contributed by atoms with E-state index < -0.39 is 0 Å². The average Bonchev–Trinajstić information content (AvgIpc) is 3.49. The first-order valence-electron chi connectivity index (χ1n) is 9.55. The van der Waals surface area contributed by atoms with E-state index in [1.54, 1.807) is 18.1 Å². The number of rotatable bonds is 6. The van der Waals surface area contributed by atoms with E-state index >= 15 is 0 Å². The Balaban J connectivity index is 1.40. The highest BCUT2D eigenvalue weighted by atomic mass is 32.1. The lowest BCUT2D eigenvalue weighted by molar-refractivity contribution is 0.258. The van der Waals surface area contributed by atoms with Gasteiger partial charge in [0.05, 0.1) is 6.20 Å². The van der Waals surface area contributed by atoms with Crippen molar-refractivity contribution in [3.05, 3.63) is 60.3 Å². The number of hydrogen-bond donors (Lipinski definition) is 1. The number of urea groups is 1. The number of ether oxygens (including phenoxy) is 1. The van der Waals surface area contributed by atoms with Gasteiger partial charge in [0.25, 0.3) is 0 Å². The topological polar surface area (TPSA) is 57.7 Å². The van der Waals surface area contributed by atoms with E-state index in [4.69, 9.17) is 4.74 Å². The van der Waals surface area contributed by atoms with Crippen LogP contribution < -0.4 is 19.9 Å². The van der Waals surface area contributed by atoms with Gasteiger partial charge in [-0.2, -0.15) is 0 Å². The second kappa shape index (κ2) is 8.13. The lowest BCUT2D eigenvalue weighted by Crippen LogP contribution is -2.31. The molecular formula is C22H24N4O2S. The maximum absolute atomic E-state index is 12.6. The molecule has 3 aromatic rings. The van der Waals surface area contributed by atoms with E-state index in [9.17, 15) is 4.79 Å². The smallest absolute Gasteiger partial charge is 0.327 e. The Labute approximate surface area is 174 Å². The first kappa shape index (κ1) is 19.3. The first-order chi connectivity index (χ1) is 14.0. The molecule has 2 aromatic carbocycles. The number of anilines is 3. The molecule has 4 rings (SSSR count). The Hall–Kier alpha value is -3.06. The summed E-state index contributed by atoms with van der Waals surface area (Å²) in [7, 11) is 5.73. The zero-order chi connectivity index (χ0) is 20.4. The molecule has 6 nitrogen and oxygen atoms in total. The highest BCUT2D eigenvalue weighted by molar-refractivity contribution is 7.17. The normalized spacial score (nSPS) is 13.1. The Morgan fingerprint density at radius 3 is 2.62 bits per heavy atom. The van der Waals surface area contributed by atoms with Crippen LogP contribution in [0.4, 0.5) is 21.3 Å². The molecule has 150 valence electrons. The molecular weight excluding hydrogens is 384 g/mol. The summed E-state index contributed by atoms with van der Waals surface area (Å²) in [6, 6.07) is 15.7. The molecule has 0 radical (unpaired) electrons. The van der Waals surface area contributed by atoms with Crippen molar-refractivity contribution in [2.75, 3.05) is 36.3 Å². The monoisotopic (exact) mass is 408 g/mol. The molecule has 0 spiro atoms. The van der Waals surface area contributed by atoms with Crippen LogP contribution in [0.3, 0.4) is 0 Å². The molecule has 0 unspecified atom stereocenters. The Bertz CT molecular complexity index is 1010. The Morgan fingerprint density at radius 2 is 1.86 bits per heavy atom. The Kier molecular flexibility index (Phi) is 5.40. The highest BCUT2D eigenvalue weighted by Crippen LogP contribution is 2.41. The lowest BCUT2D eigenvalue weighted by Gasteiger charge is -2.18. The van der Waals surface area contributed by atoms with Crippen molar-refractivity contribution < 1.29 is 9.53 Å². The number of benzene rings is 2. The number of carbonyl (C=O) groups is 1. The van der Waals surface area contributed by atoms with Crippen molar-refractivity contribution in [2.45, 2.75) is 18.8 Å². The standard InChI is InChI=1S/C22H24N4O2S/c1-25(2)17-7-5-9-19(13-17)28-20-14-23-21(29-20)24-22(27)26(3)18-8-4-6-16(12-18)15-10-11-15/h4-9,12-15H,10-11H2,1-3H3,(H,23,24,27). The summed E-state index contributed by atoms with van der Waals surface area (Å²) in [6.45, 7) is 0. The molecule has 1 aliphatic carbocycles. The van der Waals surface area contributed by atoms with Gasteiger partial charge in [0.1, 0.15) is 5.75 Å². The summed E-state index contributed by atoms with van der Waals surface area (Å²) >= 11 is 1.30. The summed E-state index contributed by atoms with van der Waals surface area (Å²) in [5.74, 6) is 1.38. The minimum atomic E-state index is -0.228. The third-order valence-corrected chi connectivity index (χ3v) is 5.65. The predicted molar refractivity (Wildman–Crippen MR) is 119 cm³/mol. The zero-order valence-corrected chi connectivity index (χ0v) is 17.6. The zero-order valence-electron chi connectivity index (χ0n) is 16.8. The molecule has 0 atom stereocenters. The van der Waals surface area contributed by atoms with Crippen molar-refractivity contribution in [2.24, 2.45) is 0 Å². The molecule has 1 fully saturated rings. The number of carbonyl (C=O) groups excluding carboxylic acids is 1. The maximum Gasteiger partial charge on any atom is 0.327 e. The summed E-state index contributed by atoms with van der Waals surface area (Å²) < 4.78 is 5.89. The minimum Gasteiger partial charge on any atom is -0.445 e. The Morgan fingerprint density at radius 1 is 1.10 bits per heavy atom. The van der Waals surface area contributed by atoms with Crippen molar-refractivity contribution in [1.29, 1.82) is 0 Å². The van der Waals surface area contributed by atoms with Gasteiger partial charge in [0.2, 0.25) is 5.06 Å².